The highest BCUT2D eigenvalue weighted by Crippen LogP contribution is 2.56. The van der Waals surface area contributed by atoms with E-state index in [1.807, 2.05) is 0 Å². The van der Waals surface area contributed by atoms with Crippen LogP contribution in [0.2, 0.25) is 0 Å². The molecule has 0 aromatic heterocycles. The van der Waals surface area contributed by atoms with Gasteiger partial charge in [0.2, 0.25) is 0 Å². The minimum Gasteiger partial charge on any atom is -0.507 e. The molecule has 0 aliphatic rings. The molecule has 8 aromatic carbocycles. The molecule has 0 unspecified atom stereocenters. The second-order valence-electron chi connectivity index (χ2n) is 19.1. The number of phenolic OH excluding ortho intramolecular Hbond substituents is 2. The molecule has 0 spiro atoms. The van der Waals surface area contributed by atoms with Crippen LogP contribution in [-0.2, 0) is 21.7 Å². The zero-order chi connectivity index (χ0) is 36.0. The van der Waals surface area contributed by atoms with Crippen molar-refractivity contribution in [1.82, 2.24) is 0 Å². The third-order valence-electron chi connectivity index (χ3n) is 11.3. The second kappa shape index (κ2) is 10.0. The SMILES string of the molecule is CC(C)(C)c1cc2ccc3cc(C(C)(C)C)cc4c(-c5c(O)c6cc(C(C)(C)C)cc7ccc8cc(C(C)(C)C)cc5c8c76)c(O)c(c1)c2c34. The van der Waals surface area contributed by atoms with Gasteiger partial charge in [0.05, 0.1) is 0 Å². The highest BCUT2D eigenvalue weighted by Gasteiger charge is 2.30. The maximum atomic E-state index is 12.9. The lowest BCUT2D eigenvalue weighted by Gasteiger charge is -2.28. The van der Waals surface area contributed by atoms with Crippen LogP contribution in [0.1, 0.15) is 105 Å². The molecule has 8 rings (SSSR count). The molecule has 0 fully saturated rings. The van der Waals surface area contributed by atoms with Crippen LogP contribution in [0.15, 0.2) is 72.8 Å². The average molecular weight is 659 g/mol. The lowest BCUT2D eigenvalue weighted by molar-refractivity contribution is 0.476. The molecule has 0 bridgehead atoms. The van der Waals surface area contributed by atoms with E-state index in [9.17, 15) is 10.2 Å². The number of aromatic hydroxyl groups is 2. The number of phenols is 2. The molecular formula is C48H50O2. The Morgan fingerprint density at radius 3 is 0.780 bits per heavy atom. The van der Waals surface area contributed by atoms with Gasteiger partial charge in [-0.1, -0.05) is 132 Å². The molecule has 0 radical (unpaired) electrons. The lowest BCUT2D eigenvalue weighted by atomic mass is 9.77. The molecule has 0 aliphatic heterocycles. The molecule has 0 saturated heterocycles. The highest BCUT2D eigenvalue weighted by molar-refractivity contribution is 6.34. The Bertz CT molecular complexity index is 2490. The van der Waals surface area contributed by atoms with Gasteiger partial charge in [-0.3, -0.25) is 0 Å². The molecular weight excluding hydrogens is 609 g/mol. The Kier molecular flexibility index (Phi) is 6.55. The van der Waals surface area contributed by atoms with Crippen molar-refractivity contribution in [3.8, 4) is 22.6 Å². The molecule has 254 valence electrons. The van der Waals surface area contributed by atoms with Gasteiger partial charge in [0, 0.05) is 32.7 Å². The first-order chi connectivity index (χ1) is 23.1. The van der Waals surface area contributed by atoms with E-state index in [2.05, 4.69) is 156 Å². The molecule has 0 heterocycles. The number of benzene rings is 8. The fourth-order valence-corrected chi connectivity index (χ4v) is 8.19. The first-order valence-corrected chi connectivity index (χ1v) is 18.1. The molecule has 8 aromatic rings. The molecule has 50 heavy (non-hydrogen) atoms. The van der Waals surface area contributed by atoms with Crippen molar-refractivity contribution in [2.75, 3.05) is 0 Å². The van der Waals surface area contributed by atoms with Crippen LogP contribution in [-0.4, -0.2) is 10.2 Å². The topological polar surface area (TPSA) is 40.5 Å². The average Bonchev–Trinajstić information content (AvgIpc) is 3.01. The van der Waals surface area contributed by atoms with Crippen molar-refractivity contribution in [1.29, 1.82) is 0 Å². The van der Waals surface area contributed by atoms with E-state index < -0.39 is 0 Å². The minimum atomic E-state index is -0.126. The van der Waals surface area contributed by atoms with Crippen LogP contribution in [0, 0.1) is 0 Å². The van der Waals surface area contributed by atoms with Gasteiger partial charge in [-0.15, -0.1) is 0 Å². The van der Waals surface area contributed by atoms with Gasteiger partial charge in [0.25, 0.3) is 0 Å². The van der Waals surface area contributed by atoms with Gasteiger partial charge >= 0.3 is 0 Å². The highest BCUT2D eigenvalue weighted by atomic mass is 16.3. The van der Waals surface area contributed by atoms with Crippen molar-refractivity contribution in [2.45, 2.75) is 105 Å². The van der Waals surface area contributed by atoms with Gasteiger partial charge in [-0.05, 0) is 111 Å². The zero-order valence-electron chi connectivity index (χ0n) is 31.8. The summed E-state index contributed by atoms with van der Waals surface area (Å²) in [5, 5.41) is 38.4. The monoisotopic (exact) mass is 658 g/mol. The predicted octanol–water partition coefficient (Wildman–Crippen LogP) is 13.7. The van der Waals surface area contributed by atoms with E-state index >= 15 is 0 Å². The summed E-state index contributed by atoms with van der Waals surface area (Å²) in [6.07, 6.45) is 0. The quantitative estimate of drug-likeness (QED) is 0.172. The Balaban J connectivity index is 1.69. The van der Waals surface area contributed by atoms with Gasteiger partial charge in [0.1, 0.15) is 11.5 Å². The van der Waals surface area contributed by atoms with Gasteiger partial charge in [0.15, 0.2) is 0 Å². The summed E-state index contributed by atoms with van der Waals surface area (Å²) >= 11 is 0. The summed E-state index contributed by atoms with van der Waals surface area (Å²) in [6.45, 7) is 26.8. The minimum absolute atomic E-state index is 0.117. The lowest BCUT2D eigenvalue weighted by Crippen LogP contribution is -2.12. The first kappa shape index (κ1) is 32.6. The van der Waals surface area contributed by atoms with Crippen molar-refractivity contribution in [3.63, 3.8) is 0 Å². The number of hydrogen-bond donors (Lipinski definition) is 2. The number of hydrogen-bond acceptors (Lipinski definition) is 2. The fourth-order valence-electron chi connectivity index (χ4n) is 8.19. The standard InChI is InChI=1S/C48H50O2/c1-45(2,3)29-17-25-13-15-27-19-31(47(7,8)9)23-35-39(27)37(25)33(21-29)41(43(35)49)42-34-22-30(46(4,5)6)18-26-14-16-28-20-32(48(10,11)12)24-36(44(42)50)40(28)38(26)34/h13-24,49-50H,1-12H3. The van der Waals surface area contributed by atoms with E-state index in [0.717, 1.165) is 64.6 Å². The summed E-state index contributed by atoms with van der Waals surface area (Å²) in [5.41, 5.74) is 5.66. The molecule has 0 saturated carbocycles. The molecule has 0 atom stereocenters. The summed E-state index contributed by atoms with van der Waals surface area (Å²) in [5.74, 6) is 0.455. The van der Waals surface area contributed by atoms with E-state index in [1.54, 1.807) is 0 Å². The number of rotatable bonds is 1. The van der Waals surface area contributed by atoms with Gasteiger partial charge in [-0.2, -0.15) is 0 Å². The summed E-state index contributed by atoms with van der Waals surface area (Å²) in [7, 11) is 0. The smallest absolute Gasteiger partial charge is 0.132 e. The van der Waals surface area contributed by atoms with Gasteiger partial charge < -0.3 is 10.2 Å². The fraction of sp³-hybridized carbons (Fsp3) is 0.333. The Morgan fingerprint density at radius 1 is 0.320 bits per heavy atom. The van der Waals surface area contributed by atoms with E-state index in [-0.39, 0.29) is 33.2 Å². The third kappa shape index (κ3) is 4.67. The molecule has 2 N–H and O–H groups in total. The predicted molar refractivity (Wildman–Crippen MR) is 217 cm³/mol. The molecule has 2 nitrogen and oxygen atoms in total. The van der Waals surface area contributed by atoms with Crippen LogP contribution < -0.4 is 0 Å². The van der Waals surface area contributed by atoms with Crippen molar-refractivity contribution in [3.05, 3.63) is 95.1 Å². The molecule has 0 amide bonds. The van der Waals surface area contributed by atoms with Crippen LogP contribution >= 0.6 is 0 Å². The van der Waals surface area contributed by atoms with Crippen LogP contribution in [0.25, 0.3) is 75.8 Å². The Morgan fingerprint density at radius 2 is 0.540 bits per heavy atom. The Labute approximate surface area is 296 Å². The maximum Gasteiger partial charge on any atom is 0.132 e. The van der Waals surface area contributed by atoms with Crippen LogP contribution in [0.5, 0.6) is 11.5 Å². The van der Waals surface area contributed by atoms with Crippen molar-refractivity contribution in [2.24, 2.45) is 0 Å². The Hall–Kier alpha value is -4.56. The zero-order valence-corrected chi connectivity index (χ0v) is 31.8. The first-order valence-electron chi connectivity index (χ1n) is 18.1. The van der Waals surface area contributed by atoms with Gasteiger partial charge in [-0.25, -0.2) is 0 Å². The summed E-state index contributed by atoms with van der Waals surface area (Å²) in [6, 6.07) is 27.1. The van der Waals surface area contributed by atoms with E-state index in [0.29, 0.717) is 11.1 Å². The van der Waals surface area contributed by atoms with Crippen molar-refractivity contribution >= 4 is 64.6 Å². The largest absolute Gasteiger partial charge is 0.507 e. The summed E-state index contributed by atoms with van der Waals surface area (Å²) < 4.78 is 0. The van der Waals surface area contributed by atoms with E-state index in [4.69, 9.17) is 0 Å². The maximum absolute atomic E-state index is 12.9. The van der Waals surface area contributed by atoms with Crippen LogP contribution in [0.3, 0.4) is 0 Å². The van der Waals surface area contributed by atoms with E-state index in [1.165, 1.54) is 22.3 Å². The molecule has 0 aliphatic carbocycles. The van der Waals surface area contributed by atoms with Crippen LogP contribution in [0.4, 0.5) is 0 Å². The molecule has 2 heteroatoms. The van der Waals surface area contributed by atoms with Crippen molar-refractivity contribution < 1.29 is 10.2 Å². The third-order valence-corrected chi connectivity index (χ3v) is 11.3. The normalized spacial score (nSPS) is 13.8. The summed E-state index contributed by atoms with van der Waals surface area (Å²) in [4.78, 5) is 0. The second-order valence-corrected chi connectivity index (χ2v) is 19.1.